The van der Waals surface area contributed by atoms with E-state index in [0.29, 0.717) is 12.6 Å². The van der Waals surface area contributed by atoms with Gasteiger partial charge in [-0.15, -0.1) is 11.8 Å². The SMILES string of the molecule is CCN(CC(=O)Nc1ccccc1SC)CC1CCCN1. The second-order valence-electron chi connectivity index (χ2n) is 5.37. The van der Waals surface area contributed by atoms with E-state index in [4.69, 9.17) is 0 Å². The summed E-state index contributed by atoms with van der Waals surface area (Å²) in [4.78, 5) is 15.6. The maximum Gasteiger partial charge on any atom is 0.238 e. The predicted octanol–water partition coefficient (Wildman–Crippen LogP) is 2.42. The number of thioether (sulfide) groups is 1. The first-order chi connectivity index (χ1) is 10.2. The van der Waals surface area contributed by atoms with Crippen molar-refractivity contribution in [3.8, 4) is 0 Å². The molecule has 1 fully saturated rings. The number of anilines is 1. The number of para-hydroxylation sites is 1. The Morgan fingerprint density at radius 3 is 2.95 bits per heavy atom. The quantitative estimate of drug-likeness (QED) is 0.759. The number of carbonyl (C=O) groups is 1. The predicted molar refractivity (Wildman–Crippen MR) is 90.0 cm³/mol. The van der Waals surface area contributed by atoms with Crippen LogP contribution in [0, 0.1) is 0 Å². The van der Waals surface area contributed by atoms with Gasteiger partial charge in [0.2, 0.25) is 5.91 Å². The highest BCUT2D eigenvalue weighted by atomic mass is 32.2. The second-order valence-corrected chi connectivity index (χ2v) is 6.22. The molecule has 0 aliphatic carbocycles. The van der Waals surface area contributed by atoms with E-state index in [1.54, 1.807) is 11.8 Å². The molecule has 1 aliphatic heterocycles. The van der Waals surface area contributed by atoms with Gasteiger partial charge in [-0.25, -0.2) is 0 Å². The van der Waals surface area contributed by atoms with Gasteiger partial charge in [0, 0.05) is 17.5 Å². The van der Waals surface area contributed by atoms with Gasteiger partial charge in [-0.3, -0.25) is 9.69 Å². The molecular formula is C16H25N3OS. The van der Waals surface area contributed by atoms with Crippen molar-refractivity contribution in [1.82, 2.24) is 10.2 Å². The highest BCUT2D eigenvalue weighted by Crippen LogP contribution is 2.24. The third kappa shape index (κ3) is 5.02. The molecule has 0 spiro atoms. The van der Waals surface area contributed by atoms with Crippen molar-refractivity contribution in [1.29, 1.82) is 0 Å². The number of nitrogens with one attached hydrogen (secondary N) is 2. The number of nitrogens with zero attached hydrogens (tertiary/aromatic N) is 1. The Bertz CT molecular complexity index is 461. The molecule has 2 N–H and O–H groups in total. The van der Waals surface area contributed by atoms with Crippen LogP contribution in [0.5, 0.6) is 0 Å². The van der Waals surface area contributed by atoms with Crippen LogP contribution in [-0.4, -0.2) is 49.3 Å². The van der Waals surface area contributed by atoms with Crippen molar-refractivity contribution in [2.24, 2.45) is 0 Å². The van der Waals surface area contributed by atoms with Gasteiger partial charge in [0.25, 0.3) is 0 Å². The van der Waals surface area contributed by atoms with Crippen LogP contribution in [0.2, 0.25) is 0 Å². The van der Waals surface area contributed by atoms with Gasteiger partial charge in [0.1, 0.15) is 0 Å². The molecule has 1 unspecified atom stereocenters. The summed E-state index contributed by atoms with van der Waals surface area (Å²) in [5.41, 5.74) is 0.907. The van der Waals surface area contributed by atoms with Gasteiger partial charge >= 0.3 is 0 Å². The van der Waals surface area contributed by atoms with E-state index >= 15 is 0 Å². The molecule has 1 atom stereocenters. The summed E-state index contributed by atoms with van der Waals surface area (Å²) in [7, 11) is 0. The molecule has 1 aliphatic rings. The fourth-order valence-electron chi connectivity index (χ4n) is 2.67. The van der Waals surface area contributed by atoms with Crippen molar-refractivity contribution in [2.75, 3.05) is 37.8 Å². The normalized spacial score (nSPS) is 18.1. The van der Waals surface area contributed by atoms with Crippen molar-refractivity contribution < 1.29 is 4.79 Å². The Morgan fingerprint density at radius 1 is 1.48 bits per heavy atom. The summed E-state index contributed by atoms with van der Waals surface area (Å²) in [6.45, 7) is 5.52. The lowest BCUT2D eigenvalue weighted by Gasteiger charge is -2.23. The van der Waals surface area contributed by atoms with Gasteiger partial charge < -0.3 is 10.6 Å². The minimum atomic E-state index is 0.0661. The molecule has 21 heavy (non-hydrogen) atoms. The summed E-state index contributed by atoms with van der Waals surface area (Å²) in [5, 5.41) is 6.52. The highest BCUT2D eigenvalue weighted by molar-refractivity contribution is 7.98. The zero-order valence-corrected chi connectivity index (χ0v) is 13.7. The lowest BCUT2D eigenvalue weighted by atomic mass is 10.2. The van der Waals surface area contributed by atoms with Crippen LogP contribution in [-0.2, 0) is 4.79 Å². The summed E-state index contributed by atoms with van der Waals surface area (Å²) in [6.07, 6.45) is 4.48. The van der Waals surface area contributed by atoms with Gasteiger partial charge in [0.05, 0.1) is 12.2 Å². The van der Waals surface area contributed by atoms with E-state index in [-0.39, 0.29) is 5.91 Å². The summed E-state index contributed by atoms with van der Waals surface area (Å²) in [6, 6.07) is 8.47. The van der Waals surface area contributed by atoms with E-state index in [1.165, 1.54) is 12.8 Å². The second kappa shape index (κ2) is 8.41. The molecule has 0 bridgehead atoms. The summed E-state index contributed by atoms with van der Waals surface area (Å²) < 4.78 is 0. The van der Waals surface area contributed by atoms with Crippen LogP contribution in [0.15, 0.2) is 29.2 Å². The number of rotatable bonds is 7. The Balaban J connectivity index is 1.87. The zero-order valence-electron chi connectivity index (χ0n) is 12.9. The fraction of sp³-hybridized carbons (Fsp3) is 0.562. The van der Waals surface area contributed by atoms with Crippen molar-refractivity contribution in [3.63, 3.8) is 0 Å². The Morgan fingerprint density at radius 2 is 2.29 bits per heavy atom. The minimum Gasteiger partial charge on any atom is -0.324 e. The first kappa shape index (κ1) is 16.3. The van der Waals surface area contributed by atoms with Crippen molar-refractivity contribution >= 4 is 23.4 Å². The van der Waals surface area contributed by atoms with Crippen LogP contribution in [0.4, 0.5) is 5.69 Å². The van der Waals surface area contributed by atoms with E-state index < -0.39 is 0 Å². The molecule has 2 rings (SSSR count). The fourth-order valence-corrected chi connectivity index (χ4v) is 3.22. The number of hydrogen-bond acceptors (Lipinski definition) is 4. The van der Waals surface area contributed by atoms with E-state index in [0.717, 1.165) is 30.2 Å². The molecule has 0 saturated carbocycles. The van der Waals surface area contributed by atoms with Crippen LogP contribution < -0.4 is 10.6 Å². The van der Waals surface area contributed by atoms with Crippen molar-refractivity contribution in [3.05, 3.63) is 24.3 Å². The molecule has 0 aromatic heterocycles. The lowest BCUT2D eigenvalue weighted by molar-refractivity contribution is -0.117. The van der Waals surface area contributed by atoms with Crippen molar-refractivity contribution in [2.45, 2.75) is 30.7 Å². The summed E-state index contributed by atoms with van der Waals surface area (Å²) in [5.74, 6) is 0.0661. The number of hydrogen-bond donors (Lipinski definition) is 2. The first-order valence-corrected chi connectivity index (χ1v) is 8.84. The smallest absolute Gasteiger partial charge is 0.238 e. The van der Waals surface area contributed by atoms with Crippen LogP contribution in [0.1, 0.15) is 19.8 Å². The molecule has 1 amide bonds. The molecule has 5 heteroatoms. The molecule has 4 nitrogen and oxygen atoms in total. The van der Waals surface area contributed by atoms with E-state index in [1.807, 2.05) is 30.5 Å². The topological polar surface area (TPSA) is 44.4 Å². The van der Waals surface area contributed by atoms with E-state index in [2.05, 4.69) is 22.5 Å². The number of benzene rings is 1. The zero-order chi connectivity index (χ0) is 15.1. The molecular weight excluding hydrogens is 282 g/mol. The molecule has 1 heterocycles. The van der Waals surface area contributed by atoms with Crippen LogP contribution in [0.3, 0.4) is 0 Å². The molecule has 1 aromatic carbocycles. The summed E-state index contributed by atoms with van der Waals surface area (Å²) >= 11 is 1.65. The van der Waals surface area contributed by atoms with Gasteiger partial charge in [-0.2, -0.15) is 0 Å². The lowest BCUT2D eigenvalue weighted by Crippen LogP contribution is -2.41. The van der Waals surface area contributed by atoms with Crippen LogP contribution in [0.25, 0.3) is 0 Å². The standard InChI is InChI=1S/C16H25N3OS/c1-3-19(11-13-7-6-10-17-13)12-16(20)18-14-8-4-5-9-15(14)21-2/h4-5,8-9,13,17H,3,6-7,10-12H2,1-2H3,(H,18,20). The maximum absolute atomic E-state index is 12.2. The molecule has 1 saturated heterocycles. The Kier molecular flexibility index (Phi) is 6.54. The molecule has 1 aromatic rings. The third-order valence-electron chi connectivity index (χ3n) is 3.84. The minimum absolute atomic E-state index is 0.0661. The number of amides is 1. The third-order valence-corrected chi connectivity index (χ3v) is 4.63. The monoisotopic (exact) mass is 307 g/mol. The number of likely N-dealkylation sites (N-methyl/N-ethyl adjacent to an activating group) is 1. The van der Waals surface area contributed by atoms with Gasteiger partial charge in [0.15, 0.2) is 0 Å². The maximum atomic E-state index is 12.2. The van der Waals surface area contributed by atoms with Crippen LogP contribution >= 0.6 is 11.8 Å². The number of carbonyl (C=O) groups excluding carboxylic acids is 1. The Labute approximate surface area is 131 Å². The average molecular weight is 307 g/mol. The first-order valence-electron chi connectivity index (χ1n) is 7.61. The largest absolute Gasteiger partial charge is 0.324 e. The Hall–Kier alpha value is -1.04. The average Bonchev–Trinajstić information content (AvgIpc) is 3.00. The van der Waals surface area contributed by atoms with Gasteiger partial charge in [-0.1, -0.05) is 19.1 Å². The van der Waals surface area contributed by atoms with E-state index in [9.17, 15) is 4.79 Å². The molecule has 116 valence electrons. The van der Waals surface area contributed by atoms with Gasteiger partial charge in [-0.05, 0) is 44.3 Å². The highest BCUT2D eigenvalue weighted by Gasteiger charge is 2.18. The molecule has 0 radical (unpaired) electrons.